The molecule has 4 nitrogen and oxygen atoms in total. The van der Waals surface area contributed by atoms with Crippen molar-refractivity contribution >= 4 is 15.7 Å². The first-order chi connectivity index (χ1) is 9.82. The molecule has 0 unspecified atom stereocenters. The second kappa shape index (κ2) is 5.87. The molecule has 112 valence electrons. The van der Waals surface area contributed by atoms with Crippen molar-refractivity contribution < 1.29 is 8.42 Å². The Balaban J connectivity index is 2.33. The van der Waals surface area contributed by atoms with Gasteiger partial charge in [-0.3, -0.25) is 0 Å². The molecule has 0 aliphatic rings. The van der Waals surface area contributed by atoms with Crippen LogP contribution >= 0.6 is 0 Å². The molecule has 2 N–H and O–H groups in total. The molecule has 2 aromatic rings. The van der Waals surface area contributed by atoms with Gasteiger partial charge in [-0.15, -0.1) is 0 Å². The van der Waals surface area contributed by atoms with Crippen molar-refractivity contribution in [2.45, 2.75) is 25.3 Å². The Labute approximate surface area is 126 Å². The molecule has 0 aromatic heterocycles. The van der Waals surface area contributed by atoms with E-state index >= 15 is 0 Å². The van der Waals surface area contributed by atoms with Crippen molar-refractivity contribution in [1.82, 2.24) is 4.31 Å². The summed E-state index contributed by atoms with van der Waals surface area (Å²) in [5.41, 5.74) is 9.07. The second-order valence-corrected chi connectivity index (χ2v) is 7.24. The third-order valence-electron chi connectivity index (χ3n) is 3.47. The normalized spacial score (nSPS) is 11.8. The molecule has 0 aliphatic heterocycles. The highest BCUT2D eigenvalue weighted by Gasteiger charge is 2.23. The largest absolute Gasteiger partial charge is 0.398 e. The van der Waals surface area contributed by atoms with Gasteiger partial charge in [0.15, 0.2) is 0 Å². The maximum atomic E-state index is 12.7. The lowest BCUT2D eigenvalue weighted by Gasteiger charge is -2.19. The van der Waals surface area contributed by atoms with Gasteiger partial charge in [0.25, 0.3) is 0 Å². The fraction of sp³-hybridized carbons (Fsp3) is 0.250. The summed E-state index contributed by atoms with van der Waals surface area (Å²) in [5.74, 6) is 0. The van der Waals surface area contributed by atoms with Crippen LogP contribution in [0.1, 0.15) is 16.7 Å². The number of benzene rings is 2. The third-order valence-corrected chi connectivity index (χ3v) is 5.43. The van der Waals surface area contributed by atoms with Gasteiger partial charge in [0.05, 0.1) is 4.90 Å². The molecule has 2 aromatic carbocycles. The Kier molecular flexibility index (Phi) is 4.34. The fourth-order valence-corrected chi connectivity index (χ4v) is 3.61. The first kappa shape index (κ1) is 15.5. The molecular formula is C16H20N2O2S. The number of hydrogen-bond donors (Lipinski definition) is 1. The number of para-hydroxylation sites is 1. The summed E-state index contributed by atoms with van der Waals surface area (Å²) in [7, 11) is -1.95. The zero-order valence-electron chi connectivity index (χ0n) is 12.5. The van der Waals surface area contributed by atoms with E-state index in [4.69, 9.17) is 5.73 Å². The van der Waals surface area contributed by atoms with E-state index in [-0.39, 0.29) is 6.54 Å². The van der Waals surface area contributed by atoms with E-state index < -0.39 is 10.0 Å². The predicted octanol–water partition coefficient (Wildman–Crippen LogP) is 2.71. The van der Waals surface area contributed by atoms with Crippen LogP contribution in [0.15, 0.2) is 47.4 Å². The predicted molar refractivity (Wildman–Crippen MR) is 85.4 cm³/mol. The number of nitrogens with zero attached hydrogens (tertiary/aromatic N) is 1. The van der Waals surface area contributed by atoms with E-state index in [1.54, 1.807) is 19.2 Å². The Morgan fingerprint density at radius 1 is 1.10 bits per heavy atom. The maximum Gasteiger partial charge on any atom is 0.243 e. The zero-order chi connectivity index (χ0) is 15.6. The van der Waals surface area contributed by atoms with Gasteiger partial charge in [-0.2, -0.15) is 4.31 Å². The van der Waals surface area contributed by atoms with Crippen LogP contribution in [0.4, 0.5) is 5.69 Å². The number of rotatable bonds is 4. The van der Waals surface area contributed by atoms with E-state index in [0.717, 1.165) is 16.7 Å². The summed E-state index contributed by atoms with van der Waals surface area (Å²) >= 11 is 0. The maximum absolute atomic E-state index is 12.7. The van der Waals surface area contributed by atoms with Gasteiger partial charge in [0, 0.05) is 19.3 Å². The zero-order valence-corrected chi connectivity index (χ0v) is 13.3. The third kappa shape index (κ3) is 3.25. The Hall–Kier alpha value is -1.85. The van der Waals surface area contributed by atoms with Crippen molar-refractivity contribution in [3.05, 3.63) is 59.2 Å². The molecule has 0 radical (unpaired) electrons. The summed E-state index contributed by atoms with van der Waals surface area (Å²) in [5, 5.41) is 0. The van der Waals surface area contributed by atoms with Crippen LogP contribution in [0.5, 0.6) is 0 Å². The molecule has 5 heteroatoms. The molecular weight excluding hydrogens is 284 g/mol. The topological polar surface area (TPSA) is 63.4 Å². The van der Waals surface area contributed by atoms with Gasteiger partial charge in [-0.25, -0.2) is 8.42 Å². The molecule has 21 heavy (non-hydrogen) atoms. The van der Waals surface area contributed by atoms with Gasteiger partial charge >= 0.3 is 0 Å². The highest BCUT2D eigenvalue weighted by Crippen LogP contribution is 2.22. The number of nitrogens with two attached hydrogens (primary N) is 1. The molecule has 0 saturated carbocycles. The highest BCUT2D eigenvalue weighted by atomic mass is 32.2. The van der Waals surface area contributed by atoms with Gasteiger partial charge in [-0.05, 0) is 37.1 Å². The smallest absolute Gasteiger partial charge is 0.243 e. The Morgan fingerprint density at radius 3 is 2.38 bits per heavy atom. The van der Waals surface area contributed by atoms with Crippen LogP contribution < -0.4 is 5.73 Å². The van der Waals surface area contributed by atoms with Crippen LogP contribution in [0, 0.1) is 13.8 Å². The summed E-state index contributed by atoms with van der Waals surface area (Å²) in [6.45, 7) is 4.00. The van der Waals surface area contributed by atoms with Crippen LogP contribution in [-0.4, -0.2) is 19.8 Å². The lowest BCUT2D eigenvalue weighted by atomic mass is 10.2. The molecule has 0 aliphatic carbocycles. The molecule has 0 heterocycles. The molecule has 2 rings (SSSR count). The van der Waals surface area contributed by atoms with Gasteiger partial charge in [-0.1, -0.05) is 35.9 Å². The lowest BCUT2D eigenvalue weighted by Crippen LogP contribution is -2.27. The highest BCUT2D eigenvalue weighted by molar-refractivity contribution is 7.89. The standard InChI is InChI=1S/C16H20N2O2S/c1-12-8-9-16(13(2)10-12)21(19,20)18(3)11-14-6-4-5-7-15(14)17/h4-10H,11,17H2,1-3H3. The summed E-state index contributed by atoms with van der Waals surface area (Å²) in [6.07, 6.45) is 0. The minimum Gasteiger partial charge on any atom is -0.398 e. The molecule has 0 bridgehead atoms. The van der Waals surface area contributed by atoms with Crippen molar-refractivity contribution in [2.75, 3.05) is 12.8 Å². The first-order valence-corrected chi connectivity index (χ1v) is 8.13. The number of nitrogen functional groups attached to an aromatic ring is 1. The van der Waals surface area contributed by atoms with Crippen LogP contribution in [0.3, 0.4) is 0 Å². The summed E-state index contributed by atoms with van der Waals surface area (Å²) < 4.78 is 26.7. The molecule has 0 amide bonds. The number of sulfonamides is 1. The monoisotopic (exact) mass is 304 g/mol. The van der Waals surface area contributed by atoms with E-state index in [0.29, 0.717) is 10.6 Å². The number of hydrogen-bond acceptors (Lipinski definition) is 3. The van der Waals surface area contributed by atoms with E-state index in [1.165, 1.54) is 4.31 Å². The van der Waals surface area contributed by atoms with Crippen molar-refractivity contribution in [1.29, 1.82) is 0 Å². The minimum absolute atomic E-state index is 0.252. The van der Waals surface area contributed by atoms with Crippen LogP contribution in [0.2, 0.25) is 0 Å². The molecule has 0 spiro atoms. The minimum atomic E-state index is -3.52. The van der Waals surface area contributed by atoms with E-state index in [9.17, 15) is 8.42 Å². The van der Waals surface area contributed by atoms with Crippen molar-refractivity contribution in [3.8, 4) is 0 Å². The molecule has 0 atom stereocenters. The lowest BCUT2D eigenvalue weighted by molar-refractivity contribution is 0.467. The van der Waals surface area contributed by atoms with E-state index in [1.807, 2.05) is 44.2 Å². The average molecular weight is 304 g/mol. The summed E-state index contributed by atoms with van der Waals surface area (Å²) in [4.78, 5) is 0.338. The average Bonchev–Trinajstić information content (AvgIpc) is 2.40. The van der Waals surface area contributed by atoms with Crippen LogP contribution in [0.25, 0.3) is 0 Å². The fourth-order valence-electron chi connectivity index (χ4n) is 2.26. The first-order valence-electron chi connectivity index (χ1n) is 6.69. The van der Waals surface area contributed by atoms with E-state index in [2.05, 4.69) is 0 Å². The molecule has 0 saturated heterocycles. The van der Waals surface area contributed by atoms with Gasteiger partial charge < -0.3 is 5.73 Å². The molecule has 0 fully saturated rings. The SMILES string of the molecule is Cc1ccc(S(=O)(=O)N(C)Cc2ccccc2N)c(C)c1. The van der Waals surface area contributed by atoms with Gasteiger partial charge in [0.1, 0.15) is 0 Å². The number of anilines is 1. The summed E-state index contributed by atoms with van der Waals surface area (Å²) in [6, 6.07) is 12.6. The Morgan fingerprint density at radius 2 is 1.76 bits per heavy atom. The van der Waals surface area contributed by atoms with Crippen LogP contribution in [-0.2, 0) is 16.6 Å². The van der Waals surface area contributed by atoms with Crippen molar-refractivity contribution in [3.63, 3.8) is 0 Å². The number of aryl methyl sites for hydroxylation is 2. The van der Waals surface area contributed by atoms with Gasteiger partial charge in [0.2, 0.25) is 10.0 Å². The van der Waals surface area contributed by atoms with Crippen molar-refractivity contribution in [2.24, 2.45) is 0 Å². The Bertz CT molecular complexity index is 755. The second-order valence-electron chi connectivity index (χ2n) is 5.23. The quantitative estimate of drug-likeness (QED) is 0.883.